The van der Waals surface area contributed by atoms with Gasteiger partial charge in [0.05, 0.1) is 0 Å². The van der Waals surface area contributed by atoms with Crippen molar-refractivity contribution in [1.82, 2.24) is 0 Å². The number of allylic oxidation sites excluding steroid dienone is 4. The fourth-order valence-corrected chi connectivity index (χ4v) is 2.25. The Kier molecular flexibility index (Phi) is 1.85. The van der Waals surface area contributed by atoms with E-state index in [1.165, 1.54) is 38.5 Å². The average Bonchev–Trinajstić information content (AvgIpc) is 2.07. The molecule has 0 fully saturated rings. The molecule has 0 N–H and O–H groups in total. The normalized spacial score (nSPS) is 27.6. The van der Waals surface area contributed by atoms with Crippen molar-refractivity contribution in [2.24, 2.45) is 5.41 Å². The third kappa shape index (κ3) is 1.40. The van der Waals surface area contributed by atoms with Crippen molar-refractivity contribution in [2.45, 2.75) is 38.5 Å². The van der Waals surface area contributed by atoms with Gasteiger partial charge in [0.2, 0.25) is 0 Å². The molecule has 0 aromatic heterocycles. The summed E-state index contributed by atoms with van der Waals surface area (Å²) in [6.07, 6.45) is 17.8. The maximum Gasteiger partial charge on any atom is 0.00611 e. The van der Waals surface area contributed by atoms with Crippen LogP contribution in [0.4, 0.5) is 0 Å². The van der Waals surface area contributed by atoms with Gasteiger partial charge in [0.25, 0.3) is 0 Å². The topological polar surface area (TPSA) is 0 Å². The van der Waals surface area contributed by atoms with Crippen molar-refractivity contribution in [3.63, 3.8) is 0 Å². The first-order chi connectivity index (χ1) is 5.41. The smallest absolute Gasteiger partial charge is 0.00611 e. The van der Waals surface area contributed by atoms with Gasteiger partial charge in [-0.05, 0) is 38.5 Å². The molecule has 0 atom stereocenters. The Balaban J connectivity index is 2.18. The van der Waals surface area contributed by atoms with Crippen molar-refractivity contribution >= 4 is 0 Å². The minimum Gasteiger partial charge on any atom is -0.0877 e. The number of hydrogen-bond acceptors (Lipinski definition) is 0. The Bertz CT molecular complexity index is 164. The maximum atomic E-state index is 2.44. The lowest BCUT2D eigenvalue weighted by Gasteiger charge is -2.32. The molecule has 0 bridgehead atoms. The zero-order valence-corrected chi connectivity index (χ0v) is 7.05. The van der Waals surface area contributed by atoms with Gasteiger partial charge in [-0.3, -0.25) is 0 Å². The second-order valence-corrected chi connectivity index (χ2v) is 3.82. The molecule has 2 aliphatic carbocycles. The molecule has 0 heteroatoms. The van der Waals surface area contributed by atoms with E-state index >= 15 is 0 Å². The van der Waals surface area contributed by atoms with Gasteiger partial charge in [-0.1, -0.05) is 24.3 Å². The maximum absolute atomic E-state index is 2.44. The quantitative estimate of drug-likeness (QED) is 0.461. The van der Waals surface area contributed by atoms with E-state index in [0.29, 0.717) is 5.41 Å². The summed E-state index contributed by atoms with van der Waals surface area (Å²) in [6.45, 7) is 0. The Hall–Kier alpha value is -0.520. The highest BCUT2D eigenvalue weighted by Gasteiger charge is 2.26. The van der Waals surface area contributed by atoms with Crippen LogP contribution in [0.5, 0.6) is 0 Å². The van der Waals surface area contributed by atoms with Crippen molar-refractivity contribution in [3.05, 3.63) is 24.3 Å². The zero-order chi connectivity index (χ0) is 7.57. The first-order valence-corrected chi connectivity index (χ1v) is 4.77. The first kappa shape index (κ1) is 7.15. The van der Waals surface area contributed by atoms with E-state index in [1.807, 2.05) is 0 Å². The Morgan fingerprint density at radius 3 is 1.73 bits per heavy atom. The zero-order valence-electron chi connectivity index (χ0n) is 7.05. The summed E-state index contributed by atoms with van der Waals surface area (Å²) in [4.78, 5) is 0. The van der Waals surface area contributed by atoms with Gasteiger partial charge in [-0.25, -0.2) is 0 Å². The summed E-state index contributed by atoms with van der Waals surface area (Å²) >= 11 is 0. The molecule has 0 saturated carbocycles. The van der Waals surface area contributed by atoms with Crippen LogP contribution in [0, 0.1) is 5.41 Å². The second-order valence-electron chi connectivity index (χ2n) is 3.82. The van der Waals surface area contributed by atoms with Gasteiger partial charge < -0.3 is 0 Å². The molecule has 0 unspecified atom stereocenters. The van der Waals surface area contributed by atoms with Gasteiger partial charge in [0, 0.05) is 5.41 Å². The summed E-state index contributed by atoms with van der Waals surface area (Å²) in [6, 6.07) is 0. The lowest BCUT2D eigenvalue weighted by Crippen LogP contribution is -2.19. The van der Waals surface area contributed by atoms with E-state index in [2.05, 4.69) is 24.3 Å². The molecule has 0 radical (unpaired) electrons. The summed E-state index contributed by atoms with van der Waals surface area (Å²) < 4.78 is 0. The van der Waals surface area contributed by atoms with E-state index in [9.17, 15) is 0 Å². The highest BCUT2D eigenvalue weighted by atomic mass is 14.3. The van der Waals surface area contributed by atoms with Crippen molar-refractivity contribution in [3.8, 4) is 0 Å². The Morgan fingerprint density at radius 2 is 1.36 bits per heavy atom. The molecule has 0 amide bonds. The molecular weight excluding hydrogens is 132 g/mol. The second kappa shape index (κ2) is 2.84. The molecule has 0 saturated heterocycles. The lowest BCUT2D eigenvalue weighted by atomic mass is 9.73. The van der Waals surface area contributed by atoms with Crippen molar-refractivity contribution in [1.29, 1.82) is 0 Å². The highest BCUT2D eigenvalue weighted by molar-refractivity contribution is 5.16. The van der Waals surface area contributed by atoms with Gasteiger partial charge in [-0.2, -0.15) is 0 Å². The summed E-state index contributed by atoms with van der Waals surface area (Å²) in [5.74, 6) is 0. The molecular formula is C11H16. The molecule has 60 valence electrons. The van der Waals surface area contributed by atoms with Gasteiger partial charge in [0.1, 0.15) is 0 Å². The number of hydrogen-bond donors (Lipinski definition) is 0. The fraction of sp³-hybridized carbons (Fsp3) is 0.636. The summed E-state index contributed by atoms with van der Waals surface area (Å²) in [5, 5.41) is 0. The molecule has 0 aliphatic heterocycles. The largest absolute Gasteiger partial charge is 0.0877 e. The Labute approximate surface area is 69.0 Å². The van der Waals surface area contributed by atoms with Crippen molar-refractivity contribution < 1.29 is 0 Å². The minimum absolute atomic E-state index is 0.497. The van der Waals surface area contributed by atoms with Gasteiger partial charge >= 0.3 is 0 Å². The van der Waals surface area contributed by atoms with E-state index < -0.39 is 0 Å². The van der Waals surface area contributed by atoms with Crippen LogP contribution in [-0.2, 0) is 0 Å². The van der Waals surface area contributed by atoms with Crippen LogP contribution < -0.4 is 0 Å². The van der Waals surface area contributed by atoms with Crippen LogP contribution in [0.25, 0.3) is 0 Å². The average molecular weight is 148 g/mol. The lowest BCUT2D eigenvalue weighted by molar-refractivity contribution is 0.364. The minimum atomic E-state index is 0.497. The third-order valence-corrected chi connectivity index (χ3v) is 2.93. The molecule has 1 spiro atoms. The third-order valence-electron chi connectivity index (χ3n) is 2.93. The van der Waals surface area contributed by atoms with Crippen LogP contribution in [0.15, 0.2) is 24.3 Å². The fourth-order valence-electron chi connectivity index (χ4n) is 2.25. The standard InChI is InChI=1S/C11H16/c1-3-7-11(8-4-1)9-5-2-6-10-11/h3,5,7,9H,1-2,4,6,8,10H2. The van der Waals surface area contributed by atoms with E-state index in [1.54, 1.807) is 0 Å². The predicted octanol–water partition coefficient (Wildman–Crippen LogP) is 3.45. The molecule has 2 aliphatic rings. The summed E-state index contributed by atoms with van der Waals surface area (Å²) in [7, 11) is 0. The summed E-state index contributed by atoms with van der Waals surface area (Å²) in [5.41, 5.74) is 0.497. The highest BCUT2D eigenvalue weighted by Crippen LogP contribution is 2.39. The van der Waals surface area contributed by atoms with Gasteiger partial charge in [-0.15, -0.1) is 0 Å². The molecule has 2 rings (SSSR count). The monoisotopic (exact) mass is 148 g/mol. The van der Waals surface area contributed by atoms with Crippen LogP contribution in [0.2, 0.25) is 0 Å². The van der Waals surface area contributed by atoms with Crippen LogP contribution in [-0.4, -0.2) is 0 Å². The van der Waals surface area contributed by atoms with Crippen LogP contribution >= 0.6 is 0 Å². The molecule has 11 heavy (non-hydrogen) atoms. The predicted molar refractivity (Wildman–Crippen MR) is 48.4 cm³/mol. The Morgan fingerprint density at radius 1 is 0.818 bits per heavy atom. The van der Waals surface area contributed by atoms with E-state index in [-0.39, 0.29) is 0 Å². The van der Waals surface area contributed by atoms with Crippen LogP contribution in [0.1, 0.15) is 38.5 Å². The molecule has 0 nitrogen and oxygen atoms in total. The first-order valence-electron chi connectivity index (χ1n) is 4.77. The van der Waals surface area contributed by atoms with Crippen LogP contribution in [0.3, 0.4) is 0 Å². The molecule has 0 aromatic rings. The van der Waals surface area contributed by atoms with Crippen molar-refractivity contribution in [2.75, 3.05) is 0 Å². The molecule has 0 heterocycles. The molecule has 0 aromatic carbocycles. The SMILES string of the molecule is C1=CC2(C=CCCC2)CCC1. The van der Waals surface area contributed by atoms with E-state index in [0.717, 1.165) is 0 Å². The number of rotatable bonds is 0. The van der Waals surface area contributed by atoms with E-state index in [4.69, 9.17) is 0 Å². The van der Waals surface area contributed by atoms with Gasteiger partial charge in [0.15, 0.2) is 0 Å².